The number of nitrogens with zero attached hydrogens (tertiary/aromatic N) is 2. The second kappa shape index (κ2) is 10.5. The van der Waals surface area contributed by atoms with Crippen LogP contribution in [0.25, 0.3) is 10.9 Å². The number of hydrogen-bond acceptors (Lipinski definition) is 1. The zero-order valence-corrected chi connectivity index (χ0v) is 18.7. The summed E-state index contributed by atoms with van der Waals surface area (Å²) in [5.41, 5.74) is -2.93. The normalized spacial score (nSPS) is 12.0. The van der Waals surface area contributed by atoms with Gasteiger partial charge in [-0.05, 0) is 24.3 Å². The van der Waals surface area contributed by atoms with E-state index in [0.717, 1.165) is 11.1 Å². The maximum absolute atomic E-state index is 12.3. The summed E-state index contributed by atoms with van der Waals surface area (Å²) in [6, 6.07) is 21.4. The van der Waals surface area contributed by atoms with Gasteiger partial charge in [0.05, 0.1) is 22.8 Å². The van der Waals surface area contributed by atoms with Gasteiger partial charge in [-0.1, -0.05) is 42.5 Å². The summed E-state index contributed by atoms with van der Waals surface area (Å²) in [4.78, 5) is 0. The number of nitriles is 1. The second-order valence-corrected chi connectivity index (χ2v) is 7.88. The van der Waals surface area contributed by atoms with Crippen LogP contribution in [0.15, 0.2) is 85.1 Å². The summed E-state index contributed by atoms with van der Waals surface area (Å²) in [5, 5.41) is 10.4. The number of pyridine rings is 1. The third-order valence-electron chi connectivity index (χ3n) is 5.25. The number of para-hydroxylation sites is 1. The Balaban J connectivity index is 0.000000206. The van der Waals surface area contributed by atoms with Gasteiger partial charge in [-0.25, -0.2) is 0 Å². The molecule has 0 N–H and O–H groups in total. The van der Waals surface area contributed by atoms with E-state index in [1.807, 2.05) is 42.5 Å². The lowest BCUT2D eigenvalue weighted by Crippen LogP contribution is -2.36. The summed E-state index contributed by atoms with van der Waals surface area (Å²) >= 11 is 0. The van der Waals surface area contributed by atoms with Gasteiger partial charge in [0, 0.05) is 23.1 Å². The molecule has 1 aromatic heterocycles. The molecule has 0 aliphatic heterocycles. The number of hydrogen-bond donors (Lipinski definition) is 0. The van der Waals surface area contributed by atoms with Gasteiger partial charge in [-0.3, -0.25) is 0 Å². The van der Waals surface area contributed by atoms with Gasteiger partial charge < -0.3 is 12.9 Å². The van der Waals surface area contributed by atoms with Crippen molar-refractivity contribution in [1.82, 2.24) is 0 Å². The molecule has 3 aromatic carbocycles. The van der Waals surface area contributed by atoms with Crippen LogP contribution in [0, 0.1) is 11.3 Å². The Morgan fingerprint density at radius 2 is 1.27 bits per heavy atom. The summed E-state index contributed by atoms with van der Waals surface area (Å²) in [7, 11) is 0. The number of alkyl halides is 6. The van der Waals surface area contributed by atoms with Crippen molar-refractivity contribution in [1.29, 1.82) is 5.26 Å². The minimum absolute atomic E-state index is 0.338. The van der Waals surface area contributed by atoms with E-state index in [-0.39, 0.29) is 18.2 Å². The Hall–Kier alpha value is -4.01. The van der Waals surface area contributed by atoms with Gasteiger partial charge in [0.15, 0.2) is 12.7 Å². The highest BCUT2D eigenvalue weighted by atomic mass is 19.4. The maximum atomic E-state index is 12.3. The molecule has 0 saturated heterocycles. The fraction of sp³-hybridized carbons (Fsp3) is 0.120. The van der Waals surface area contributed by atoms with Crippen molar-refractivity contribution < 1.29 is 43.9 Å². The molecule has 0 radical (unpaired) electrons. The standard InChI is InChI=1S/C17H13N2.C8H3BF9/c18-12-15-7-1-2-8-16(15)13-19-11-5-9-14-6-3-4-10-17(14)19;10-7(11,12)4-1-5(8(13,14)15)3-6(2-4)9(16,17)18/h1-11H,13H2;1-3H/q+1;-1. The molecule has 0 fully saturated rings. The molecule has 0 aliphatic rings. The van der Waals surface area contributed by atoms with Crippen LogP contribution >= 0.6 is 0 Å². The molecule has 0 amide bonds. The molecule has 0 atom stereocenters. The van der Waals surface area contributed by atoms with E-state index in [2.05, 4.69) is 35.0 Å². The number of fused-ring (bicyclic) bond motifs is 1. The van der Waals surface area contributed by atoms with E-state index in [9.17, 15) is 39.3 Å². The molecule has 4 rings (SSSR count). The van der Waals surface area contributed by atoms with Crippen LogP contribution in [0.3, 0.4) is 0 Å². The van der Waals surface area contributed by atoms with Gasteiger partial charge in [-0.2, -0.15) is 36.2 Å². The first-order chi connectivity index (χ1) is 17.2. The van der Waals surface area contributed by atoms with Gasteiger partial charge >= 0.3 is 19.3 Å². The van der Waals surface area contributed by atoms with Crippen LogP contribution in [0.5, 0.6) is 0 Å². The zero-order valence-electron chi connectivity index (χ0n) is 18.7. The van der Waals surface area contributed by atoms with Crippen molar-refractivity contribution in [3.05, 3.63) is 107 Å². The van der Waals surface area contributed by atoms with Crippen LogP contribution in [0.2, 0.25) is 0 Å². The summed E-state index contributed by atoms with van der Waals surface area (Å²) in [5.74, 6) is 0. The molecule has 37 heavy (non-hydrogen) atoms. The highest BCUT2D eigenvalue weighted by molar-refractivity contribution is 6.73. The maximum Gasteiger partial charge on any atom is 0.509 e. The summed E-state index contributed by atoms with van der Waals surface area (Å²) < 4.78 is 112. The third kappa shape index (κ3) is 7.03. The molecule has 12 heteroatoms. The Kier molecular flexibility index (Phi) is 7.86. The number of rotatable bonds is 3. The Labute approximate surface area is 205 Å². The SMILES string of the molecule is F[B-](F)(F)c1cc(C(F)(F)F)cc(C(F)(F)F)c1.N#Cc1ccccc1C[n+]1cccc2ccccc21. The van der Waals surface area contributed by atoms with Gasteiger partial charge in [0.25, 0.3) is 0 Å². The molecule has 0 unspecified atom stereocenters. The smallest absolute Gasteiger partial charge is 0.445 e. The van der Waals surface area contributed by atoms with E-state index < -0.39 is 35.9 Å². The predicted octanol–water partition coefficient (Wildman–Crippen LogP) is 6.83. The first-order valence-corrected chi connectivity index (χ1v) is 10.5. The monoisotopic (exact) mass is 526 g/mol. The van der Waals surface area contributed by atoms with Crippen molar-refractivity contribution in [2.45, 2.75) is 18.9 Å². The fourth-order valence-corrected chi connectivity index (χ4v) is 3.48. The van der Waals surface area contributed by atoms with Gasteiger partial charge in [0.1, 0.15) is 0 Å². The molecule has 4 aromatic rings. The first kappa shape index (κ1) is 27.6. The largest absolute Gasteiger partial charge is 0.509 e. The van der Waals surface area contributed by atoms with E-state index in [0.29, 0.717) is 6.54 Å². The average Bonchev–Trinajstić information content (AvgIpc) is 2.83. The molecular weight excluding hydrogens is 510 g/mol. The molecule has 2 nitrogen and oxygen atoms in total. The molecule has 0 spiro atoms. The van der Waals surface area contributed by atoms with Crippen molar-refractivity contribution in [2.24, 2.45) is 0 Å². The lowest BCUT2D eigenvalue weighted by atomic mass is 9.78. The number of aromatic nitrogens is 1. The lowest BCUT2D eigenvalue weighted by Gasteiger charge is -2.19. The summed E-state index contributed by atoms with van der Waals surface area (Å²) in [6.07, 6.45) is -8.51. The molecular formula is C25H16BF9N2. The van der Waals surface area contributed by atoms with Crippen molar-refractivity contribution in [3.8, 4) is 6.07 Å². The van der Waals surface area contributed by atoms with Crippen molar-refractivity contribution >= 4 is 23.3 Å². The third-order valence-corrected chi connectivity index (χ3v) is 5.25. The van der Waals surface area contributed by atoms with Gasteiger partial charge in [-0.15, -0.1) is 5.46 Å². The lowest BCUT2D eigenvalue weighted by molar-refractivity contribution is -0.662. The number of halogens is 9. The van der Waals surface area contributed by atoms with Crippen molar-refractivity contribution in [3.63, 3.8) is 0 Å². The van der Waals surface area contributed by atoms with E-state index in [4.69, 9.17) is 5.26 Å². The van der Waals surface area contributed by atoms with E-state index >= 15 is 0 Å². The minimum Gasteiger partial charge on any atom is -0.445 e. The van der Waals surface area contributed by atoms with Crippen LogP contribution in [-0.4, -0.2) is 6.98 Å². The topological polar surface area (TPSA) is 27.7 Å². The molecule has 0 bridgehead atoms. The molecule has 0 aliphatic carbocycles. The Morgan fingerprint density at radius 1 is 0.730 bits per heavy atom. The summed E-state index contributed by atoms with van der Waals surface area (Å²) in [6.45, 7) is -5.24. The van der Waals surface area contributed by atoms with Gasteiger partial charge in [0.2, 0.25) is 5.52 Å². The second-order valence-electron chi connectivity index (χ2n) is 7.88. The first-order valence-electron chi connectivity index (χ1n) is 10.5. The highest BCUT2D eigenvalue weighted by Gasteiger charge is 2.39. The van der Waals surface area contributed by atoms with Crippen LogP contribution < -0.4 is 10.0 Å². The fourth-order valence-electron chi connectivity index (χ4n) is 3.48. The quantitative estimate of drug-likeness (QED) is 0.164. The minimum atomic E-state index is -5.95. The molecule has 0 saturated carbocycles. The van der Waals surface area contributed by atoms with Crippen LogP contribution in [0.1, 0.15) is 22.3 Å². The van der Waals surface area contributed by atoms with E-state index in [1.165, 1.54) is 10.9 Å². The average molecular weight is 526 g/mol. The molecule has 1 heterocycles. The van der Waals surface area contributed by atoms with Crippen LogP contribution in [0.4, 0.5) is 39.3 Å². The highest BCUT2D eigenvalue weighted by Crippen LogP contribution is 2.35. The van der Waals surface area contributed by atoms with Crippen molar-refractivity contribution in [2.75, 3.05) is 0 Å². The Morgan fingerprint density at radius 3 is 1.84 bits per heavy atom. The Bertz CT molecular complexity index is 1350. The number of benzene rings is 3. The predicted molar refractivity (Wildman–Crippen MR) is 120 cm³/mol. The van der Waals surface area contributed by atoms with E-state index in [1.54, 1.807) is 0 Å². The molecule has 192 valence electrons. The van der Waals surface area contributed by atoms with Crippen LogP contribution in [-0.2, 0) is 18.9 Å². The zero-order chi connectivity index (χ0) is 27.4.